The maximum absolute atomic E-state index is 12.3. The number of nitrogens with zero attached hydrogens (tertiary/aromatic N) is 2. The van der Waals surface area contributed by atoms with Gasteiger partial charge in [0.2, 0.25) is 5.36 Å². The Labute approximate surface area is 265 Å². The largest absolute Gasteiger partial charge is 0.478 e. The highest BCUT2D eigenvalue weighted by Crippen LogP contribution is 2.42. The number of fused-ring (bicyclic) bond motifs is 2. The fourth-order valence-electron chi connectivity index (χ4n) is 5.02. The molecule has 2 N–H and O–H groups in total. The molecule has 1 heterocycles. The summed E-state index contributed by atoms with van der Waals surface area (Å²) in [5.41, 5.74) is 3.20. The minimum atomic E-state index is -1.07. The average Bonchev–Trinajstić information content (AvgIpc) is 3.04. The third-order valence-electron chi connectivity index (χ3n) is 7.14. The number of carbonyl (C=O) groups is 4. The highest BCUT2D eigenvalue weighted by atomic mass is 16.5. The molecule has 0 fully saturated rings. The van der Waals surface area contributed by atoms with Crippen LogP contribution in [0.1, 0.15) is 24.2 Å². The van der Waals surface area contributed by atoms with Crippen molar-refractivity contribution in [1.29, 1.82) is 0 Å². The molecule has 2 aliphatic rings. The molecule has 46 heavy (non-hydrogen) atoms. The zero-order chi connectivity index (χ0) is 33.2. The maximum Gasteiger partial charge on any atom is 0.407 e. The van der Waals surface area contributed by atoms with Gasteiger partial charge in [-0.3, -0.25) is 9.59 Å². The van der Waals surface area contributed by atoms with E-state index in [1.54, 1.807) is 30.5 Å². The van der Waals surface area contributed by atoms with E-state index in [1.807, 2.05) is 45.9 Å². The summed E-state index contributed by atoms with van der Waals surface area (Å²) in [5.74, 6) is -1.40. The van der Waals surface area contributed by atoms with Crippen molar-refractivity contribution in [3.05, 3.63) is 84.4 Å². The SMILES string of the molecule is C=CN(CCOC(C)=O)c1ccc2c(-c3ccccc3C(=O)O)c3ccc(=[N+](CCOC(C)=O)CCOC(=O)NC)cc-3oc2c1. The van der Waals surface area contributed by atoms with E-state index in [0.29, 0.717) is 58.4 Å². The van der Waals surface area contributed by atoms with Crippen molar-refractivity contribution in [1.82, 2.24) is 9.89 Å². The number of hydrogen-bond donors (Lipinski definition) is 2. The van der Waals surface area contributed by atoms with Gasteiger partial charge in [-0.05, 0) is 36.0 Å². The minimum absolute atomic E-state index is 0.0674. The quantitative estimate of drug-likeness (QED) is 0.0957. The number of anilines is 1. The van der Waals surface area contributed by atoms with Crippen LogP contribution in [0.2, 0.25) is 0 Å². The molecule has 12 nitrogen and oxygen atoms in total. The number of nitrogens with one attached hydrogen (secondary N) is 1. The highest BCUT2D eigenvalue weighted by Gasteiger charge is 2.23. The van der Waals surface area contributed by atoms with Crippen molar-refractivity contribution >= 4 is 40.7 Å². The summed E-state index contributed by atoms with van der Waals surface area (Å²) in [4.78, 5) is 48.5. The van der Waals surface area contributed by atoms with Crippen molar-refractivity contribution in [2.75, 3.05) is 51.4 Å². The Morgan fingerprint density at radius 1 is 0.913 bits per heavy atom. The molecular formula is C34H36N3O9+. The number of benzene rings is 3. The van der Waals surface area contributed by atoms with E-state index in [-0.39, 0.29) is 31.4 Å². The zero-order valence-corrected chi connectivity index (χ0v) is 25.9. The summed E-state index contributed by atoms with van der Waals surface area (Å²) < 4.78 is 23.8. The summed E-state index contributed by atoms with van der Waals surface area (Å²) in [6, 6.07) is 17.8. The lowest BCUT2D eigenvalue weighted by Gasteiger charge is -2.22. The van der Waals surface area contributed by atoms with E-state index < -0.39 is 18.0 Å². The summed E-state index contributed by atoms with van der Waals surface area (Å²) in [5, 5.41) is 13.9. The second kappa shape index (κ2) is 15.4. The standard InChI is InChI=1S/C34H35N3O9/c1-5-36(14-17-43-22(2)38)24-10-12-28-30(20-24)46-31-21-25(37(15-18-44-23(3)39)16-19-45-34(42)35-4)11-13-29(31)32(28)26-8-6-7-9-27(26)33(40)41/h5-13,20-21H,1,14-19H2,2-4H3,(H-,35,40,41,42)/p+1. The Hall–Kier alpha value is -5.65. The first-order valence-electron chi connectivity index (χ1n) is 14.5. The Balaban J connectivity index is 1.94. The number of ether oxygens (including phenoxy) is 3. The number of hydrogen-bond acceptors (Lipinski definition) is 9. The van der Waals surface area contributed by atoms with Crippen LogP contribution in [0.3, 0.4) is 0 Å². The Morgan fingerprint density at radius 2 is 1.61 bits per heavy atom. The van der Waals surface area contributed by atoms with Crippen LogP contribution in [0.5, 0.6) is 0 Å². The minimum Gasteiger partial charge on any atom is -0.478 e. The molecule has 240 valence electrons. The first-order valence-corrected chi connectivity index (χ1v) is 14.5. The van der Waals surface area contributed by atoms with E-state index >= 15 is 0 Å². The monoisotopic (exact) mass is 630 g/mol. The normalized spacial score (nSPS) is 11.5. The van der Waals surface area contributed by atoms with Gasteiger partial charge >= 0.3 is 24.0 Å². The Bertz CT molecular complexity index is 1810. The van der Waals surface area contributed by atoms with Crippen LogP contribution in [0.4, 0.5) is 10.5 Å². The second-order valence-corrected chi connectivity index (χ2v) is 10.1. The first kappa shape index (κ1) is 33.2. The van der Waals surface area contributed by atoms with E-state index in [1.165, 1.54) is 20.9 Å². The summed E-state index contributed by atoms with van der Waals surface area (Å²) in [6.07, 6.45) is 1.05. The molecule has 1 aliphatic heterocycles. The lowest BCUT2D eigenvalue weighted by molar-refractivity contribution is -0.141. The molecule has 0 unspecified atom stereocenters. The van der Waals surface area contributed by atoms with Gasteiger partial charge in [-0.2, -0.15) is 0 Å². The van der Waals surface area contributed by atoms with Crippen molar-refractivity contribution in [3.63, 3.8) is 0 Å². The molecule has 0 bridgehead atoms. The van der Waals surface area contributed by atoms with Gasteiger partial charge in [0.1, 0.15) is 24.6 Å². The predicted octanol–water partition coefficient (Wildman–Crippen LogP) is 4.11. The molecule has 0 spiro atoms. The maximum atomic E-state index is 12.3. The van der Waals surface area contributed by atoms with Crippen LogP contribution in [0, 0.1) is 0 Å². The van der Waals surface area contributed by atoms with Gasteiger partial charge < -0.3 is 34.0 Å². The van der Waals surface area contributed by atoms with Gasteiger partial charge in [-0.25, -0.2) is 14.2 Å². The van der Waals surface area contributed by atoms with Gasteiger partial charge in [0.15, 0.2) is 19.7 Å². The lowest BCUT2D eigenvalue weighted by atomic mass is 9.90. The van der Waals surface area contributed by atoms with E-state index in [9.17, 15) is 24.3 Å². The number of carboxylic acid groups (broad SMARTS) is 1. The van der Waals surface area contributed by atoms with E-state index in [0.717, 1.165) is 5.69 Å². The Morgan fingerprint density at radius 3 is 2.28 bits per heavy atom. The van der Waals surface area contributed by atoms with Gasteiger partial charge in [0.05, 0.1) is 18.2 Å². The van der Waals surface area contributed by atoms with Gasteiger partial charge in [-0.1, -0.05) is 24.8 Å². The zero-order valence-electron chi connectivity index (χ0n) is 25.9. The third-order valence-corrected chi connectivity index (χ3v) is 7.14. The fourth-order valence-corrected chi connectivity index (χ4v) is 5.02. The molecule has 0 atom stereocenters. The number of alkyl carbamates (subject to hydrolysis) is 1. The predicted molar refractivity (Wildman–Crippen MR) is 171 cm³/mol. The van der Waals surface area contributed by atoms with Crippen LogP contribution < -0.4 is 20.1 Å². The average molecular weight is 631 g/mol. The topological polar surface area (TPSA) is 148 Å². The smallest absolute Gasteiger partial charge is 0.407 e. The summed E-state index contributed by atoms with van der Waals surface area (Å²) in [7, 11) is 1.47. The third kappa shape index (κ3) is 8.08. The molecule has 0 aromatic heterocycles. The molecule has 2 aromatic carbocycles. The van der Waals surface area contributed by atoms with Crippen molar-refractivity contribution in [3.8, 4) is 22.5 Å². The fraction of sp³-hybridized carbons (Fsp3) is 0.265. The number of aromatic carboxylic acids is 1. The number of rotatable bonds is 13. The molecule has 0 radical (unpaired) electrons. The number of esters is 2. The van der Waals surface area contributed by atoms with Gasteiger partial charge in [-0.15, -0.1) is 0 Å². The molecule has 0 saturated heterocycles. The number of amides is 1. The Kier molecular flexibility index (Phi) is 11.1. The molecular weight excluding hydrogens is 594 g/mol. The molecule has 1 aliphatic carbocycles. The first-order chi connectivity index (χ1) is 22.1. The van der Waals surface area contributed by atoms with Crippen molar-refractivity contribution in [2.45, 2.75) is 13.8 Å². The second-order valence-electron chi connectivity index (χ2n) is 10.1. The summed E-state index contributed by atoms with van der Waals surface area (Å²) >= 11 is 0. The van der Waals surface area contributed by atoms with Crippen LogP contribution in [-0.4, -0.2) is 75.6 Å². The van der Waals surface area contributed by atoms with Gasteiger partial charge in [0.25, 0.3) is 0 Å². The molecule has 12 heteroatoms. The van der Waals surface area contributed by atoms with E-state index in [4.69, 9.17) is 18.6 Å². The highest BCUT2D eigenvalue weighted by molar-refractivity contribution is 6.07. The number of carbonyl (C=O) groups excluding carboxylic acids is 3. The van der Waals surface area contributed by atoms with Crippen LogP contribution in [0.25, 0.3) is 33.4 Å². The van der Waals surface area contributed by atoms with Gasteiger partial charge in [0, 0.05) is 55.2 Å². The number of carboxylic acids is 1. The van der Waals surface area contributed by atoms with Crippen molar-refractivity contribution < 1.29 is 42.9 Å². The van der Waals surface area contributed by atoms with Crippen LogP contribution >= 0.6 is 0 Å². The van der Waals surface area contributed by atoms with Crippen molar-refractivity contribution in [2.24, 2.45) is 0 Å². The molecule has 2 aromatic rings. The molecule has 1 amide bonds. The van der Waals surface area contributed by atoms with Crippen LogP contribution in [0.15, 0.2) is 77.9 Å². The van der Waals surface area contributed by atoms with Crippen LogP contribution in [-0.2, 0) is 23.8 Å². The van der Waals surface area contributed by atoms with E-state index in [2.05, 4.69) is 11.9 Å². The lowest BCUT2D eigenvalue weighted by Crippen LogP contribution is -2.37. The molecule has 4 rings (SSSR count). The molecule has 0 saturated carbocycles. The summed E-state index contributed by atoms with van der Waals surface area (Å²) in [6.45, 7) is 7.85.